The maximum absolute atomic E-state index is 11.7. The topological polar surface area (TPSA) is 115 Å². The zero-order valence-corrected chi connectivity index (χ0v) is 29.7. The van der Waals surface area contributed by atoms with E-state index in [9.17, 15) is 9.59 Å². The third-order valence-corrected chi connectivity index (χ3v) is 8.07. The molecule has 0 aromatic heterocycles. The smallest absolute Gasteiger partial charge is 0.308 e. The number of ether oxygens (including phenoxy) is 3. The molecule has 0 aliphatic heterocycles. The van der Waals surface area contributed by atoms with Crippen LogP contribution in [0.15, 0.2) is 93.3 Å². The molecule has 3 rings (SSSR count). The Bertz CT molecular complexity index is 1430. The predicted octanol–water partition coefficient (Wildman–Crippen LogP) is 11.0. The Morgan fingerprint density at radius 3 is 1.57 bits per heavy atom. The second kappa shape index (κ2) is 22.9. The Labute approximate surface area is 292 Å². The molecule has 0 fully saturated rings. The van der Waals surface area contributed by atoms with Gasteiger partial charge < -0.3 is 19.1 Å². The van der Waals surface area contributed by atoms with Crippen LogP contribution in [0.4, 0.5) is 28.4 Å². The van der Waals surface area contributed by atoms with E-state index in [1.807, 2.05) is 86.6 Å². The van der Waals surface area contributed by atoms with Crippen LogP contribution < -0.4 is 9.64 Å². The van der Waals surface area contributed by atoms with Gasteiger partial charge in [0.15, 0.2) is 0 Å². The first-order chi connectivity index (χ1) is 23.9. The summed E-state index contributed by atoms with van der Waals surface area (Å²) in [6.07, 6.45) is 8.97. The van der Waals surface area contributed by atoms with Crippen molar-refractivity contribution in [2.45, 2.75) is 85.5 Å². The van der Waals surface area contributed by atoms with Gasteiger partial charge in [0.1, 0.15) is 12.4 Å². The molecule has 1 unspecified atom stereocenters. The molecule has 0 saturated carbocycles. The van der Waals surface area contributed by atoms with Gasteiger partial charge in [-0.1, -0.05) is 52.9 Å². The lowest BCUT2D eigenvalue weighted by Gasteiger charge is -2.22. The number of carbonyl (C=O) groups excluding carboxylic acids is 2. The van der Waals surface area contributed by atoms with E-state index in [1.165, 1.54) is 19.3 Å². The average molecular weight is 672 g/mol. The molecule has 0 bridgehead atoms. The van der Waals surface area contributed by atoms with Crippen molar-refractivity contribution in [1.82, 2.24) is 0 Å². The Kier molecular flexibility index (Phi) is 18.1. The van der Waals surface area contributed by atoms with Gasteiger partial charge in [-0.15, -0.1) is 0 Å². The van der Waals surface area contributed by atoms with Crippen LogP contribution >= 0.6 is 0 Å². The number of rotatable bonds is 23. The molecule has 0 saturated heterocycles. The Morgan fingerprint density at radius 1 is 0.612 bits per heavy atom. The molecular weight excluding hydrogens is 618 g/mol. The number of anilines is 1. The number of benzene rings is 3. The van der Waals surface area contributed by atoms with E-state index < -0.39 is 0 Å². The van der Waals surface area contributed by atoms with Crippen LogP contribution in [0.5, 0.6) is 5.75 Å². The van der Waals surface area contributed by atoms with Crippen LogP contribution in [0.3, 0.4) is 0 Å². The lowest BCUT2D eigenvalue weighted by molar-refractivity contribution is -0.148. The van der Waals surface area contributed by atoms with E-state index in [4.69, 9.17) is 14.2 Å². The minimum atomic E-state index is -0.184. The summed E-state index contributed by atoms with van der Waals surface area (Å²) in [5.41, 5.74) is 3.97. The number of unbranched alkanes of at least 4 members (excludes halogenated alkanes) is 6. The minimum absolute atomic E-state index is 0.00000172. The van der Waals surface area contributed by atoms with Crippen LogP contribution in [0.2, 0.25) is 0 Å². The van der Waals surface area contributed by atoms with Crippen molar-refractivity contribution in [3.05, 3.63) is 72.8 Å². The van der Waals surface area contributed by atoms with Gasteiger partial charge in [0.2, 0.25) is 0 Å². The van der Waals surface area contributed by atoms with Gasteiger partial charge in [0.25, 0.3) is 0 Å². The molecule has 0 heterocycles. The summed E-state index contributed by atoms with van der Waals surface area (Å²) in [5.74, 6) is 0.568. The number of esters is 2. The summed E-state index contributed by atoms with van der Waals surface area (Å²) in [7, 11) is 0. The van der Waals surface area contributed by atoms with Crippen molar-refractivity contribution in [1.29, 1.82) is 0 Å². The van der Waals surface area contributed by atoms with Crippen LogP contribution in [0, 0.1) is 5.92 Å². The molecule has 3 aromatic carbocycles. The summed E-state index contributed by atoms with van der Waals surface area (Å²) in [6, 6.07) is 22.9. The van der Waals surface area contributed by atoms with E-state index in [0.29, 0.717) is 38.5 Å². The average Bonchev–Trinajstić information content (AvgIpc) is 3.14. The number of nitrogens with zero attached hydrogens (tertiary/aromatic N) is 5. The largest absolute Gasteiger partial charge is 0.494 e. The van der Waals surface area contributed by atoms with Gasteiger partial charge in [-0.05, 0) is 99.0 Å². The summed E-state index contributed by atoms with van der Waals surface area (Å²) >= 11 is 0. The molecule has 49 heavy (non-hydrogen) atoms. The monoisotopic (exact) mass is 671 g/mol. The van der Waals surface area contributed by atoms with E-state index in [2.05, 4.69) is 32.3 Å². The maximum atomic E-state index is 11.7. The summed E-state index contributed by atoms with van der Waals surface area (Å²) < 4.78 is 16.4. The number of hydrogen-bond acceptors (Lipinski definition) is 10. The highest BCUT2D eigenvalue weighted by Gasteiger charge is 2.11. The molecular formula is C39H53N5O5. The Hall–Kier alpha value is -4.60. The molecule has 1 atom stereocenters. The highest BCUT2D eigenvalue weighted by molar-refractivity contribution is 5.71. The summed E-state index contributed by atoms with van der Waals surface area (Å²) in [4.78, 5) is 25.2. The molecule has 0 radical (unpaired) electrons. The van der Waals surface area contributed by atoms with Gasteiger partial charge in [0, 0.05) is 18.7 Å². The minimum Gasteiger partial charge on any atom is -0.494 e. The molecule has 0 aliphatic carbocycles. The van der Waals surface area contributed by atoms with Gasteiger partial charge in [-0.2, -0.15) is 20.5 Å². The fraction of sp³-hybridized carbons (Fsp3) is 0.487. The highest BCUT2D eigenvalue weighted by Crippen LogP contribution is 2.26. The fourth-order valence-electron chi connectivity index (χ4n) is 4.76. The number of azo groups is 2. The van der Waals surface area contributed by atoms with E-state index >= 15 is 0 Å². The third-order valence-electron chi connectivity index (χ3n) is 8.07. The lowest BCUT2D eigenvalue weighted by atomic mass is 10.1. The second-order valence-electron chi connectivity index (χ2n) is 11.9. The standard InChI is InChI=1S/C39H53N5O5/c1-5-31(4)39(46)49-29-14-12-10-8-9-11-13-28-47-37-25-21-35(22-26-37)43-41-33-17-15-32(16-18-33)40-42-34-19-23-36(24-20-34)44(7-3)27-30-48-38(45)6-2/h15-26,31H,5-14,27-30H2,1-4H3. The first-order valence-corrected chi connectivity index (χ1v) is 17.8. The van der Waals surface area contributed by atoms with E-state index in [-0.39, 0.29) is 17.9 Å². The molecule has 264 valence electrons. The van der Waals surface area contributed by atoms with Crippen molar-refractivity contribution >= 4 is 40.4 Å². The zero-order valence-electron chi connectivity index (χ0n) is 29.7. The SMILES string of the molecule is CCC(=O)OCCN(CC)c1ccc(N=Nc2ccc(N=Nc3ccc(OCCCCCCCCCOC(=O)C(C)CC)cc3)cc2)cc1. The zero-order chi connectivity index (χ0) is 35.1. The molecule has 10 heteroatoms. The van der Waals surface area contributed by atoms with Crippen LogP contribution in [-0.4, -0.2) is 44.8 Å². The molecule has 3 aromatic rings. The van der Waals surface area contributed by atoms with E-state index in [1.54, 1.807) is 6.92 Å². The van der Waals surface area contributed by atoms with Gasteiger partial charge in [-0.3, -0.25) is 9.59 Å². The summed E-state index contributed by atoms with van der Waals surface area (Å²) in [5, 5.41) is 17.4. The van der Waals surface area contributed by atoms with E-state index in [0.717, 1.165) is 67.1 Å². The fourth-order valence-corrected chi connectivity index (χ4v) is 4.76. The van der Waals surface area contributed by atoms with Gasteiger partial charge in [0.05, 0.1) is 48.4 Å². The summed E-state index contributed by atoms with van der Waals surface area (Å²) in [6.45, 7) is 10.8. The second-order valence-corrected chi connectivity index (χ2v) is 11.9. The Balaban J connectivity index is 1.31. The van der Waals surface area contributed by atoms with Gasteiger partial charge in [-0.25, -0.2) is 0 Å². The Morgan fingerprint density at radius 2 is 1.08 bits per heavy atom. The normalized spacial score (nSPS) is 11.9. The van der Waals surface area contributed by atoms with Crippen LogP contribution in [0.1, 0.15) is 85.5 Å². The number of carbonyl (C=O) groups is 2. The van der Waals surface area contributed by atoms with Crippen molar-refractivity contribution in [3.63, 3.8) is 0 Å². The van der Waals surface area contributed by atoms with Gasteiger partial charge >= 0.3 is 11.9 Å². The van der Waals surface area contributed by atoms with Crippen LogP contribution in [-0.2, 0) is 19.1 Å². The van der Waals surface area contributed by atoms with Crippen LogP contribution in [0.25, 0.3) is 0 Å². The quantitative estimate of drug-likeness (QED) is 0.0563. The highest BCUT2D eigenvalue weighted by atomic mass is 16.5. The van der Waals surface area contributed by atoms with Crippen molar-refractivity contribution in [2.24, 2.45) is 26.4 Å². The number of hydrogen-bond donors (Lipinski definition) is 0. The van der Waals surface area contributed by atoms with Crippen molar-refractivity contribution < 1.29 is 23.8 Å². The predicted molar refractivity (Wildman–Crippen MR) is 195 cm³/mol. The lowest BCUT2D eigenvalue weighted by Crippen LogP contribution is -2.27. The van der Waals surface area contributed by atoms with Crippen molar-refractivity contribution in [3.8, 4) is 5.75 Å². The third kappa shape index (κ3) is 15.4. The molecule has 0 spiro atoms. The first kappa shape index (κ1) is 38.8. The van der Waals surface area contributed by atoms with Crippen molar-refractivity contribution in [2.75, 3.05) is 37.8 Å². The molecule has 0 N–H and O–H groups in total. The molecule has 0 aliphatic rings. The molecule has 10 nitrogen and oxygen atoms in total. The maximum Gasteiger partial charge on any atom is 0.308 e. The molecule has 0 amide bonds. The first-order valence-electron chi connectivity index (χ1n) is 17.8. The number of likely N-dealkylation sites (N-methyl/N-ethyl adjacent to an activating group) is 1.